The zero-order valence-corrected chi connectivity index (χ0v) is 17.3. The highest BCUT2D eigenvalue weighted by Crippen LogP contribution is 2.18. The summed E-state index contributed by atoms with van der Waals surface area (Å²) in [5, 5.41) is 2.50. The van der Waals surface area contributed by atoms with Crippen molar-refractivity contribution < 1.29 is 19.1 Å². The van der Waals surface area contributed by atoms with Gasteiger partial charge in [0, 0.05) is 10.6 Å². The molecule has 7 heteroatoms. The number of benzene rings is 2. The van der Waals surface area contributed by atoms with Gasteiger partial charge in [0.05, 0.1) is 11.6 Å². The second-order valence-electron chi connectivity index (χ2n) is 5.91. The van der Waals surface area contributed by atoms with E-state index >= 15 is 0 Å². The quantitative estimate of drug-likeness (QED) is 0.489. The van der Waals surface area contributed by atoms with Crippen LogP contribution < -0.4 is 5.32 Å². The Morgan fingerprint density at radius 3 is 2.37 bits per heavy atom. The number of carbonyl (C=O) groups excluding carboxylic acids is 3. The van der Waals surface area contributed by atoms with Crippen LogP contribution in [0.25, 0.3) is 0 Å². The van der Waals surface area contributed by atoms with Gasteiger partial charge in [0.25, 0.3) is 11.8 Å². The minimum atomic E-state index is -0.664. The number of nitrogens with zero attached hydrogens (tertiary/aromatic N) is 1. The predicted molar refractivity (Wildman–Crippen MR) is 110 cm³/mol. The summed E-state index contributed by atoms with van der Waals surface area (Å²) in [6, 6.07) is 16.5. The molecule has 2 rings (SSSR count). The van der Waals surface area contributed by atoms with Crippen LogP contribution in [0.2, 0.25) is 0 Å². The summed E-state index contributed by atoms with van der Waals surface area (Å²) in [6.45, 7) is 1.23. The Hall–Kier alpha value is -2.42. The molecular weight excluding hydrogens is 459 g/mol. The van der Waals surface area contributed by atoms with E-state index in [0.717, 1.165) is 9.13 Å². The van der Waals surface area contributed by atoms with E-state index in [1.165, 1.54) is 4.90 Å². The van der Waals surface area contributed by atoms with Crippen LogP contribution in [0.1, 0.15) is 28.9 Å². The summed E-state index contributed by atoms with van der Waals surface area (Å²) in [5.74, 6) is -1.34. The van der Waals surface area contributed by atoms with Crippen molar-refractivity contribution in [2.45, 2.75) is 13.0 Å². The average Bonchev–Trinajstić information content (AvgIpc) is 2.70. The molecule has 0 fully saturated rings. The first-order valence-electron chi connectivity index (χ1n) is 8.39. The smallest absolute Gasteiger partial charge is 0.325 e. The van der Waals surface area contributed by atoms with E-state index in [4.69, 9.17) is 4.74 Å². The zero-order chi connectivity index (χ0) is 19.8. The van der Waals surface area contributed by atoms with Gasteiger partial charge in [-0.15, -0.1) is 0 Å². The van der Waals surface area contributed by atoms with E-state index in [0.29, 0.717) is 5.56 Å². The van der Waals surface area contributed by atoms with Crippen LogP contribution in [-0.2, 0) is 14.3 Å². The van der Waals surface area contributed by atoms with Crippen LogP contribution >= 0.6 is 22.6 Å². The molecule has 1 atom stereocenters. The first kappa shape index (κ1) is 20.9. The molecule has 6 nitrogen and oxygen atoms in total. The van der Waals surface area contributed by atoms with Crippen molar-refractivity contribution in [2.24, 2.45) is 0 Å². The summed E-state index contributed by atoms with van der Waals surface area (Å²) < 4.78 is 5.77. The molecule has 27 heavy (non-hydrogen) atoms. The first-order chi connectivity index (χ1) is 12.9. The molecule has 0 radical (unpaired) electrons. The summed E-state index contributed by atoms with van der Waals surface area (Å²) in [7, 11) is 1.66. The zero-order valence-electron chi connectivity index (χ0n) is 15.1. The van der Waals surface area contributed by atoms with Crippen molar-refractivity contribution in [3.05, 3.63) is 69.3 Å². The Morgan fingerprint density at radius 1 is 1.07 bits per heavy atom. The van der Waals surface area contributed by atoms with Crippen molar-refractivity contribution in [3.63, 3.8) is 0 Å². The van der Waals surface area contributed by atoms with Gasteiger partial charge in [0.2, 0.25) is 0 Å². The maximum Gasteiger partial charge on any atom is 0.325 e. The SMILES string of the molecule is CC(c1ccccc1)N(C)C(=O)COC(=O)CNC(=O)c1ccccc1I. The molecule has 0 heterocycles. The monoisotopic (exact) mass is 480 g/mol. The van der Waals surface area contributed by atoms with Crippen molar-refractivity contribution in [1.82, 2.24) is 10.2 Å². The number of halogens is 1. The highest BCUT2D eigenvalue weighted by atomic mass is 127. The van der Waals surface area contributed by atoms with Crippen LogP contribution in [0.5, 0.6) is 0 Å². The van der Waals surface area contributed by atoms with E-state index < -0.39 is 5.97 Å². The van der Waals surface area contributed by atoms with Gasteiger partial charge in [-0.3, -0.25) is 14.4 Å². The molecule has 0 aliphatic carbocycles. The molecule has 1 unspecified atom stereocenters. The van der Waals surface area contributed by atoms with Crippen molar-refractivity contribution in [3.8, 4) is 0 Å². The molecule has 2 amide bonds. The Labute approximate surface area is 172 Å². The van der Waals surface area contributed by atoms with Gasteiger partial charge < -0.3 is 15.0 Å². The molecule has 0 aliphatic heterocycles. The Bertz CT molecular complexity index is 811. The van der Waals surface area contributed by atoms with Crippen LogP contribution in [-0.4, -0.2) is 42.9 Å². The Balaban J connectivity index is 1.78. The minimum Gasteiger partial charge on any atom is -0.454 e. The molecule has 2 aromatic carbocycles. The third-order valence-electron chi connectivity index (χ3n) is 4.12. The second kappa shape index (κ2) is 10.1. The molecule has 0 saturated heterocycles. The fraction of sp³-hybridized carbons (Fsp3) is 0.250. The average molecular weight is 480 g/mol. The Kier molecular flexibility index (Phi) is 7.78. The van der Waals surface area contributed by atoms with Gasteiger partial charge in [0.1, 0.15) is 6.54 Å². The molecule has 0 saturated carbocycles. The largest absolute Gasteiger partial charge is 0.454 e. The van der Waals surface area contributed by atoms with Gasteiger partial charge in [-0.2, -0.15) is 0 Å². The lowest BCUT2D eigenvalue weighted by Gasteiger charge is -2.25. The molecule has 0 aliphatic rings. The standard InChI is InChI=1S/C20H21IN2O4/c1-14(15-8-4-3-5-9-15)23(2)18(24)13-27-19(25)12-22-20(26)16-10-6-7-11-17(16)21/h3-11,14H,12-13H2,1-2H3,(H,22,26). The maximum atomic E-state index is 12.2. The van der Waals surface area contributed by atoms with Crippen molar-refractivity contribution >= 4 is 40.4 Å². The van der Waals surface area contributed by atoms with E-state index in [-0.39, 0.29) is 31.0 Å². The van der Waals surface area contributed by atoms with Crippen molar-refractivity contribution in [2.75, 3.05) is 20.2 Å². The number of ether oxygens (including phenoxy) is 1. The lowest BCUT2D eigenvalue weighted by Crippen LogP contribution is -2.36. The van der Waals surface area contributed by atoms with Crippen LogP contribution in [0.15, 0.2) is 54.6 Å². The lowest BCUT2D eigenvalue weighted by molar-refractivity contribution is -0.151. The summed E-state index contributed by atoms with van der Waals surface area (Å²) in [5.41, 5.74) is 1.47. The summed E-state index contributed by atoms with van der Waals surface area (Å²) in [4.78, 5) is 37.6. The Morgan fingerprint density at radius 2 is 1.70 bits per heavy atom. The van der Waals surface area contributed by atoms with Crippen LogP contribution in [0.4, 0.5) is 0 Å². The number of hydrogen-bond donors (Lipinski definition) is 1. The number of rotatable bonds is 7. The first-order valence-corrected chi connectivity index (χ1v) is 9.47. The number of hydrogen-bond acceptors (Lipinski definition) is 4. The third-order valence-corrected chi connectivity index (χ3v) is 5.07. The summed E-state index contributed by atoms with van der Waals surface area (Å²) >= 11 is 2.05. The number of esters is 1. The van der Waals surface area contributed by atoms with E-state index in [1.54, 1.807) is 25.2 Å². The normalized spacial score (nSPS) is 11.4. The second-order valence-corrected chi connectivity index (χ2v) is 7.08. The molecule has 2 aromatic rings. The minimum absolute atomic E-state index is 0.141. The third kappa shape index (κ3) is 6.06. The molecule has 0 aromatic heterocycles. The maximum absolute atomic E-state index is 12.2. The highest BCUT2D eigenvalue weighted by Gasteiger charge is 2.19. The van der Waals surface area contributed by atoms with E-state index in [1.807, 2.05) is 65.9 Å². The number of nitrogens with one attached hydrogen (secondary N) is 1. The number of carbonyl (C=O) groups is 3. The summed E-state index contributed by atoms with van der Waals surface area (Å²) in [6.07, 6.45) is 0. The van der Waals surface area contributed by atoms with Gasteiger partial charge in [-0.25, -0.2) is 0 Å². The number of likely N-dealkylation sites (N-methyl/N-ethyl adjacent to an activating group) is 1. The number of amides is 2. The van der Waals surface area contributed by atoms with Crippen LogP contribution in [0, 0.1) is 3.57 Å². The van der Waals surface area contributed by atoms with E-state index in [9.17, 15) is 14.4 Å². The molecule has 142 valence electrons. The van der Waals surface area contributed by atoms with Gasteiger partial charge in [-0.1, -0.05) is 42.5 Å². The highest BCUT2D eigenvalue weighted by molar-refractivity contribution is 14.1. The topological polar surface area (TPSA) is 75.7 Å². The lowest BCUT2D eigenvalue weighted by atomic mass is 10.1. The van der Waals surface area contributed by atoms with Gasteiger partial charge in [0.15, 0.2) is 6.61 Å². The van der Waals surface area contributed by atoms with E-state index in [2.05, 4.69) is 5.32 Å². The van der Waals surface area contributed by atoms with Gasteiger partial charge in [-0.05, 0) is 47.2 Å². The van der Waals surface area contributed by atoms with Crippen LogP contribution in [0.3, 0.4) is 0 Å². The molecule has 0 bridgehead atoms. The molecule has 0 spiro atoms. The molecule has 1 N–H and O–H groups in total. The predicted octanol–water partition coefficient (Wildman–Crippen LogP) is 2.78. The van der Waals surface area contributed by atoms with Crippen molar-refractivity contribution in [1.29, 1.82) is 0 Å². The fourth-order valence-electron chi connectivity index (χ4n) is 2.36. The molecular formula is C20H21IN2O4. The fourth-order valence-corrected chi connectivity index (χ4v) is 2.99. The van der Waals surface area contributed by atoms with Gasteiger partial charge >= 0.3 is 5.97 Å².